The lowest BCUT2D eigenvalue weighted by molar-refractivity contribution is -0.0503. The van der Waals surface area contributed by atoms with Crippen molar-refractivity contribution in [3.63, 3.8) is 0 Å². The molecule has 1 aromatic rings. The zero-order valence-corrected chi connectivity index (χ0v) is 17.8. The molecule has 1 amide bonds. The Kier molecular flexibility index (Phi) is 5.29. The Morgan fingerprint density at radius 1 is 1.00 bits per heavy atom. The lowest BCUT2D eigenvalue weighted by Crippen LogP contribution is -2.51. The van der Waals surface area contributed by atoms with Gasteiger partial charge in [-0.25, -0.2) is 8.42 Å². The lowest BCUT2D eigenvalue weighted by atomic mass is 9.49. The van der Waals surface area contributed by atoms with Crippen molar-refractivity contribution < 1.29 is 13.2 Å². The SMILES string of the molecule is CCN(CC)S(=O)(=O)c1ccc(C(=O)NCC23CC4CC(CC(C4)C2)C3)cc1. The molecule has 0 radical (unpaired) electrons. The highest BCUT2D eigenvalue weighted by Crippen LogP contribution is 2.59. The number of nitrogens with zero attached hydrogens (tertiary/aromatic N) is 1. The first-order valence-electron chi connectivity index (χ1n) is 10.7. The maximum atomic E-state index is 12.7. The molecular formula is C22H32N2O3S. The van der Waals surface area contributed by atoms with Crippen LogP contribution in [0.3, 0.4) is 0 Å². The maximum absolute atomic E-state index is 12.7. The van der Waals surface area contributed by atoms with Gasteiger partial charge in [0.05, 0.1) is 4.90 Å². The van der Waals surface area contributed by atoms with E-state index in [2.05, 4.69) is 5.32 Å². The van der Waals surface area contributed by atoms with Crippen LogP contribution in [-0.2, 0) is 10.0 Å². The second kappa shape index (κ2) is 7.45. The largest absolute Gasteiger partial charge is 0.351 e. The molecule has 0 atom stereocenters. The molecule has 4 aliphatic carbocycles. The van der Waals surface area contributed by atoms with Gasteiger partial charge < -0.3 is 5.32 Å². The molecule has 4 bridgehead atoms. The van der Waals surface area contributed by atoms with Crippen molar-refractivity contribution in [1.29, 1.82) is 0 Å². The molecule has 0 aliphatic heterocycles. The van der Waals surface area contributed by atoms with Crippen molar-refractivity contribution in [2.75, 3.05) is 19.6 Å². The smallest absolute Gasteiger partial charge is 0.251 e. The van der Waals surface area contributed by atoms with Gasteiger partial charge in [-0.05, 0) is 86.0 Å². The highest BCUT2D eigenvalue weighted by molar-refractivity contribution is 7.89. The van der Waals surface area contributed by atoms with Gasteiger partial charge in [-0.2, -0.15) is 4.31 Å². The van der Waals surface area contributed by atoms with Gasteiger partial charge in [0.25, 0.3) is 5.91 Å². The van der Waals surface area contributed by atoms with Crippen LogP contribution in [0, 0.1) is 23.2 Å². The quantitative estimate of drug-likeness (QED) is 0.754. The summed E-state index contributed by atoms with van der Waals surface area (Å²) in [6.07, 6.45) is 7.99. The first-order valence-corrected chi connectivity index (χ1v) is 12.2. The summed E-state index contributed by atoms with van der Waals surface area (Å²) in [6.45, 7) is 5.29. The van der Waals surface area contributed by atoms with Gasteiger partial charge in [0.1, 0.15) is 0 Å². The molecule has 6 heteroatoms. The Morgan fingerprint density at radius 3 is 1.96 bits per heavy atom. The van der Waals surface area contributed by atoms with E-state index in [9.17, 15) is 13.2 Å². The van der Waals surface area contributed by atoms with Crippen molar-refractivity contribution in [3.05, 3.63) is 29.8 Å². The van der Waals surface area contributed by atoms with Gasteiger partial charge in [0.15, 0.2) is 0 Å². The van der Waals surface area contributed by atoms with Crippen molar-refractivity contribution in [3.8, 4) is 0 Å². The molecule has 0 spiro atoms. The Hall–Kier alpha value is -1.40. The van der Waals surface area contributed by atoms with Gasteiger partial charge in [-0.1, -0.05) is 13.8 Å². The number of hydrogen-bond acceptors (Lipinski definition) is 3. The minimum absolute atomic E-state index is 0.0949. The van der Waals surface area contributed by atoms with Crippen LogP contribution >= 0.6 is 0 Å². The topological polar surface area (TPSA) is 66.5 Å². The number of sulfonamides is 1. The van der Waals surface area contributed by atoms with Crippen molar-refractivity contribution >= 4 is 15.9 Å². The van der Waals surface area contributed by atoms with E-state index in [1.807, 2.05) is 13.8 Å². The third kappa shape index (κ3) is 3.61. The highest BCUT2D eigenvalue weighted by atomic mass is 32.2. The Morgan fingerprint density at radius 2 is 1.50 bits per heavy atom. The van der Waals surface area contributed by atoms with E-state index in [-0.39, 0.29) is 10.8 Å². The van der Waals surface area contributed by atoms with Crippen molar-refractivity contribution in [2.24, 2.45) is 23.2 Å². The molecule has 0 aromatic heterocycles. The second-order valence-corrected chi connectivity index (χ2v) is 11.2. The van der Waals surface area contributed by atoms with E-state index in [4.69, 9.17) is 0 Å². The van der Waals surface area contributed by atoms with Crippen LogP contribution in [-0.4, -0.2) is 38.3 Å². The monoisotopic (exact) mass is 404 g/mol. The Bertz CT molecular complexity index is 793. The van der Waals surface area contributed by atoms with Crippen molar-refractivity contribution in [2.45, 2.75) is 57.3 Å². The van der Waals surface area contributed by atoms with Crippen LogP contribution in [0.25, 0.3) is 0 Å². The fraction of sp³-hybridized carbons (Fsp3) is 0.682. The summed E-state index contributed by atoms with van der Waals surface area (Å²) < 4.78 is 26.6. The molecule has 4 aliphatic rings. The molecule has 0 heterocycles. The average molecular weight is 405 g/mol. The van der Waals surface area contributed by atoms with Gasteiger partial charge in [-0.15, -0.1) is 0 Å². The Balaban J connectivity index is 1.41. The molecule has 28 heavy (non-hydrogen) atoms. The molecule has 1 aromatic carbocycles. The molecular weight excluding hydrogens is 372 g/mol. The van der Waals surface area contributed by atoms with E-state index in [0.29, 0.717) is 24.1 Å². The molecule has 0 saturated heterocycles. The predicted octanol–water partition coefficient (Wildman–Crippen LogP) is 3.66. The van der Waals surface area contributed by atoms with Crippen LogP contribution < -0.4 is 5.32 Å². The zero-order valence-electron chi connectivity index (χ0n) is 17.0. The van der Waals surface area contributed by atoms with Gasteiger partial charge in [0.2, 0.25) is 10.0 Å². The lowest BCUT2D eigenvalue weighted by Gasteiger charge is -2.56. The third-order valence-electron chi connectivity index (χ3n) is 7.25. The maximum Gasteiger partial charge on any atom is 0.251 e. The van der Waals surface area contributed by atoms with E-state index < -0.39 is 10.0 Å². The highest BCUT2D eigenvalue weighted by Gasteiger charge is 2.50. The fourth-order valence-electron chi connectivity index (χ4n) is 6.37. The zero-order chi connectivity index (χ0) is 19.9. The second-order valence-electron chi connectivity index (χ2n) is 9.21. The number of carbonyl (C=O) groups excluding carboxylic acids is 1. The van der Waals surface area contributed by atoms with Gasteiger partial charge in [0, 0.05) is 25.2 Å². The van der Waals surface area contributed by atoms with E-state index in [1.165, 1.54) is 42.8 Å². The number of benzene rings is 1. The minimum Gasteiger partial charge on any atom is -0.351 e. The van der Waals surface area contributed by atoms with Gasteiger partial charge >= 0.3 is 0 Å². The van der Waals surface area contributed by atoms with E-state index >= 15 is 0 Å². The number of carbonyl (C=O) groups is 1. The molecule has 154 valence electrons. The summed E-state index contributed by atoms with van der Waals surface area (Å²) in [5.74, 6) is 2.51. The first kappa shape index (κ1) is 19.9. The van der Waals surface area contributed by atoms with E-state index in [0.717, 1.165) is 24.3 Å². The van der Waals surface area contributed by atoms with Crippen LogP contribution in [0.15, 0.2) is 29.2 Å². The number of amides is 1. The molecule has 1 N–H and O–H groups in total. The van der Waals surface area contributed by atoms with E-state index in [1.54, 1.807) is 24.3 Å². The average Bonchev–Trinajstić information content (AvgIpc) is 2.66. The number of nitrogens with one attached hydrogen (secondary N) is 1. The number of rotatable bonds is 7. The van der Waals surface area contributed by atoms with Crippen LogP contribution in [0.1, 0.15) is 62.7 Å². The van der Waals surface area contributed by atoms with Crippen LogP contribution in [0.4, 0.5) is 0 Å². The van der Waals surface area contributed by atoms with Gasteiger partial charge in [-0.3, -0.25) is 4.79 Å². The van der Waals surface area contributed by atoms with Crippen LogP contribution in [0.2, 0.25) is 0 Å². The third-order valence-corrected chi connectivity index (χ3v) is 9.31. The summed E-state index contributed by atoms with van der Waals surface area (Å²) in [5.41, 5.74) is 0.833. The summed E-state index contributed by atoms with van der Waals surface area (Å²) >= 11 is 0. The molecule has 0 unspecified atom stereocenters. The molecule has 4 fully saturated rings. The van der Waals surface area contributed by atoms with Crippen molar-refractivity contribution in [1.82, 2.24) is 9.62 Å². The minimum atomic E-state index is -3.49. The number of hydrogen-bond donors (Lipinski definition) is 1. The predicted molar refractivity (Wildman–Crippen MR) is 109 cm³/mol. The summed E-state index contributed by atoms with van der Waals surface area (Å²) in [6, 6.07) is 6.36. The first-order chi connectivity index (χ1) is 13.3. The standard InChI is InChI=1S/C22H32N2O3S/c1-3-24(4-2)28(26,27)20-7-5-19(6-8-20)21(25)23-15-22-12-16-9-17(13-22)11-18(10-16)14-22/h5-8,16-18H,3-4,9-15H2,1-2H3,(H,23,25). The van der Waals surface area contributed by atoms with Crippen LogP contribution in [0.5, 0.6) is 0 Å². The molecule has 4 saturated carbocycles. The summed E-state index contributed by atoms with van der Waals surface area (Å²) in [4.78, 5) is 12.9. The normalized spacial score (nSPS) is 31.3. The molecule has 5 rings (SSSR count). The Labute approximate surface area is 168 Å². The summed E-state index contributed by atoms with van der Waals surface area (Å²) in [7, 11) is -3.49. The summed E-state index contributed by atoms with van der Waals surface area (Å²) in [5, 5.41) is 3.16. The fourth-order valence-corrected chi connectivity index (χ4v) is 7.83. The molecule has 5 nitrogen and oxygen atoms in total.